The largest absolute Gasteiger partial charge is 0.303 e. The van der Waals surface area contributed by atoms with Gasteiger partial charge in [-0.15, -0.1) is 0 Å². The summed E-state index contributed by atoms with van der Waals surface area (Å²) in [4.78, 5) is 22.8. The molecule has 0 radical (unpaired) electrons. The summed E-state index contributed by atoms with van der Waals surface area (Å²) in [6.07, 6.45) is 4.06. The molecule has 9 heteroatoms. The van der Waals surface area contributed by atoms with E-state index in [1.165, 1.54) is 23.2 Å². The van der Waals surface area contributed by atoms with E-state index >= 15 is 0 Å². The summed E-state index contributed by atoms with van der Waals surface area (Å²) in [6, 6.07) is 15.9. The van der Waals surface area contributed by atoms with Crippen molar-refractivity contribution in [3.8, 4) is 0 Å². The lowest BCUT2D eigenvalue weighted by molar-refractivity contribution is 0.0984. The molecule has 0 saturated heterocycles. The van der Waals surface area contributed by atoms with E-state index in [1.54, 1.807) is 54.7 Å². The number of benzene rings is 2. The Kier molecular flexibility index (Phi) is 5.90. The van der Waals surface area contributed by atoms with E-state index in [-0.39, 0.29) is 22.3 Å². The highest BCUT2D eigenvalue weighted by Gasteiger charge is 2.24. The molecule has 2 aromatic carbocycles. The Labute approximate surface area is 189 Å². The van der Waals surface area contributed by atoms with Crippen molar-refractivity contribution in [1.82, 2.24) is 9.97 Å². The number of hydrogen-bond acceptors (Lipinski definition) is 5. The maximum absolute atomic E-state index is 13.7. The van der Waals surface area contributed by atoms with Crippen LogP contribution in [0.15, 0.2) is 78.0 Å². The number of carbonyl (C=O) groups excluding carboxylic acids is 1. The fourth-order valence-corrected chi connectivity index (χ4v) is 4.38. The fourth-order valence-electron chi connectivity index (χ4n) is 3.35. The van der Waals surface area contributed by atoms with Crippen LogP contribution in [0.2, 0.25) is 5.15 Å². The SMILES string of the molecule is CS(=O)(=O)c1ccccc1N(Cc1ccc2cc(F)c(Cl)nc2c1)C(=O)c1cccnc1. The van der Waals surface area contributed by atoms with Crippen molar-refractivity contribution in [2.45, 2.75) is 11.4 Å². The Balaban J connectivity index is 1.83. The number of fused-ring (bicyclic) bond motifs is 1. The van der Waals surface area contributed by atoms with Crippen molar-refractivity contribution in [2.24, 2.45) is 0 Å². The number of para-hydroxylation sites is 1. The molecule has 4 rings (SSSR count). The molecule has 0 aliphatic heterocycles. The van der Waals surface area contributed by atoms with Gasteiger partial charge in [-0.1, -0.05) is 35.9 Å². The smallest absolute Gasteiger partial charge is 0.260 e. The average Bonchev–Trinajstić information content (AvgIpc) is 2.78. The van der Waals surface area contributed by atoms with Gasteiger partial charge < -0.3 is 4.90 Å². The molecule has 1 amide bonds. The molecule has 0 bridgehead atoms. The predicted molar refractivity (Wildman–Crippen MR) is 121 cm³/mol. The molecule has 0 saturated carbocycles. The summed E-state index contributed by atoms with van der Waals surface area (Å²) in [5, 5.41) is 0.303. The Bertz CT molecular complexity index is 1430. The number of sulfone groups is 1. The standard InChI is InChI=1S/C23H17ClFN3O3S/c1-32(30,31)21-7-3-2-6-20(21)28(23(29)17-5-4-10-26-13-17)14-15-8-9-16-12-18(25)22(24)27-19(16)11-15/h2-13H,14H2,1H3. The van der Waals surface area contributed by atoms with Gasteiger partial charge in [0.15, 0.2) is 20.8 Å². The Morgan fingerprint density at radius 1 is 1.09 bits per heavy atom. The van der Waals surface area contributed by atoms with Crippen LogP contribution >= 0.6 is 11.6 Å². The monoisotopic (exact) mass is 469 g/mol. The summed E-state index contributed by atoms with van der Waals surface area (Å²) in [7, 11) is -3.61. The number of carbonyl (C=O) groups is 1. The van der Waals surface area contributed by atoms with Crippen LogP contribution in [0.25, 0.3) is 10.9 Å². The quantitative estimate of drug-likeness (QED) is 0.397. The van der Waals surface area contributed by atoms with Gasteiger partial charge in [-0.05, 0) is 42.0 Å². The third-order valence-electron chi connectivity index (χ3n) is 4.84. The average molecular weight is 470 g/mol. The highest BCUT2D eigenvalue weighted by atomic mass is 35.5. The summed E-state index contributed by atoms with van der Waals surface area (Å²) in [5.41, 5.74) is 1.67. The first kappa shape index (κ1) is 21.9. The molecule has 0 unspecified atom stereocenters. The van der Waals surface area contributed by atoms with Gasteiger partial charge in [0.05, 0.1) is 28.2 Å². The maximum Gasteiger partial charge on any atom is 0.260 e. The molecule has 32 heavy (non-hydrogen) atoms. The van der Waals surface area contributed by atoms with E-state index in [0.717, 1.165) is 6.26 Å². The van der Waals surface area contributed by atoms with Gasteiger partial charge in [-0.3, -0.25) is 9.78 Å². The van der Waals surface area contributed by atoms with Crippen molar-refractivity contribution >= 4 is 43.9 Å². The normalized spacial score (nSPS) is 11.5. The first-order valence-electron chi connectivity index (χ1n) is 9.50. The summed E-state index contributed by atoms with van der Waals surface area (Å²) in [6.45, 7) is 0.0485. The summed E-state index contributed by atoms with van der Waals surface area (Å²) < 4.78 is 38.5. The number of aromatic nitrogens is 2. The van der Waals surface area contributed by atoms with Gasteiger partial charge in [0, 0.05) is 24.0 Å². The predicted octanol–water partition coefficient (Wildman–Crippen LogP) is 4.67. The van der Waals surface area contributed by atoms with E-state index < -0.39 is 21.6 Å². The second-order valence-corrected chi connectivity index (χ2v) is 9.50. The second kappa shape index (κ2) is 8.64. The molecule has 0 aliphatic rings. The molecule has 2 aromatic heterocycles. The summed E-state index contributed by atoms with van der Waals surface area (Å²) >= 11 is 5.82. The van der Waals surface area contributed by atoms with Crippen LogP contribution in [0.4, 0.5) is 10.1 Å². The zero-order valence-electron chi connectivity index (χ0n) is 16.9. The van der Waals surface area contributed by atoms with E-state index in [0.29, 0.717) is 22.0 Å². The third-order valence-corrected chi connectivity index (χ3v) is 6.25. The first-order valence-corrected chi connectivity index (χ1v) is 11.8. The molecule has 2 heterocycles. The molecule has 4 aromatic rings. The molecular formula is C23H17ClFN3O3S. The zero-order valence-corrected chi connectivity index (χ0v) is 18.4. The first-order chi connectivity index (χ1) is 15.2. The van der Waals surface area contributed by atoms with Gasteiger partial charge in [0.2, 0.25) is 0 Å². The van der Waals surface area contributed by atoms with Gasteiger partial charge in [0.1, 0.15) is 0 Å². The van der Waals surface area contributed by atoms with Crippen LogP contribution in [0.1, 0.15) is 15.9 Å². The van der Waals surface area contributed by atoms with Gasteiger partial charge >= 0.3 is 0 Å². The summed E-state index contributed by atoms with van der Waals surface area (Å²) in [5.74, 6) is -1.04. The van der Waals surface area contributed by atoms with Crippen molar-refractivity contribution in [1.29, 1.82) is 0 Å². The number of amides is 1. The number of nitrogens with zero attached hydrogens (tertiary/aromatic N) is 3. The van der Waals surface area contributed by atoms with Gasteiger partial charge in [0.25, 0.3) is 5.91 Å². The second-order valence-electron chi connectivity index (χ2n) is 7.16. The Hall–Kier alpha value is -3.36. The molecule has 0 N–H and O–H groups in total. The van der Waals surface area contributed by atoms with Crippen LogP contribution in [-0.2, 0) is 16.4 Å². The Morgan fingerprint density at radius 2 is 1.88 bits per heavy atom. The minimum atomic E-state index is -3.61. The molecule has 0 aliphatic carbocycles. The van der Waals surface area contributed by atoms with E-state index in [1.807, 2.05) is 0 Å². The van der Waals surface area contributed by atoms with Crippen LogP contribution in [-0.4, -0.2) is 30.5 Å². The number of rotatable bonds is 5. The highest BCUT2D eigenvalue weighted by Crippen LogP contribution is 2.29. The fraction of sp³-hybridized carbons (Fsp3) is 0.0870. The minimum absolute atomic E-state index is 0.0290. The van der Waals surface area contributed by atoms with Crippen molar-refractivity contribution < 1.29 is 17.6 Å². The minimum Gasteiger partial charge on any atom is -0.303 e. The van der Waals surface area contributed by atoms with Crippen molar-refractivity contribution in [3.05, 3.63) is 95.2 Å². The zero-order chi connectivity index (χ0) is 22.9. The molecule has 0 atom stereocenters. The topological polar surface area (TPSA) is 80.2 Å². The highest BCUT2D eigenvalue weighted by molar-refractivity contribution is 7.90. The number of pyridine rings is 2. The van der Waals surface area contributed by atoms with Crippen molar-refractivity contribution in [3.63, 3.8) is 0 Å². The van der Waals surface area contributed by atoms with Crippen LogP contribution in [0.3, 0.4) is 0 Å². The molecule has 162 valence electrons. The van der Waals surface area contributed by atoms with E-state index in [2.05, 4.69) is 9.97 Å². The molecule has 0 spiro atoms. The van der Waals surface area contributed by atoms with Gasteiger partial charge in [-0.2, -0.15) is 0 Å². The van der Waals surface area contributed by atoms with E-state index in [4.69, 9.17) is 11.6 Å². The third kappa shape index (κ3) is 4.46. The lowest BCUT2D eigenvalue weighted by Gasteiger charge is -2.25. The van der Waals surface area contributed by atoms with Crippen molar-refractivity contribution in [2.75, 3.05) is 11.2 Å². The number of anilines is 1. The lowest BCUT2D eigenvalue weighted by atomic mass is 10.1. The molecule has 0 fully saturated rings. The Morgan fingerprint density at radius 3 is 2.59 bits per heavy atom. The number of hydrogen-bond donors (Lipinski definition) is 0. The lowest BCUT2D eigenvalue weighted by Crippen LogP contribution is -2.31. The molecule has 6 nitrogen and oxygen atoms in total. The maximum atomic E-state index is 13.7. The molecular weight excluding hydrogens is 453 g/mol. The van der Waals surface area contributed by atoms with Crippen LogP contribution in [0, 0.1) is 5.82 Å². The van der Waals surface area contributed by atoms with Crippen LogP contribution < -0.4 is 4.90 Å². The van der Waals surface area contributed by atoms with Gasteiger partial charge in [-0.25, -0.2) is 17.8 Å². The van der Waals surface area contributed by atoms with Crippen LogP contribution in [0.5, 0.6) is 0 Å². The number of halogens is 2. The van der Waals surface area contributed by atoms with E-state index in [9.17, 15) is 17.6 Å².